The van der Waals surface area contributed by atoms with Gasteiger partial charge in [0.25, 0.3) is 5.69 Å². The minimum absolute atomic E-state index is 0.248. The molecule has 0 atom stereocenters. The van der Waals surface area contributed by atoms with Crippen LogP contribution in [0, 0.1) is 21.7 Å². The summed E-state index contributed by atoms with van der Waals surface area (Å²) in [6.07, 6.45) is -9.99. The van der Waals surface area contributed by atoms with Gasteiger partial charge in [-0.25, -0.2) is 18.7 Å². The van der Waals surface area contributed by atoms with E-state index >= 15 is 0 Å². The third kappa shape index (κ3) is 4.54. The first-order valence-corrected chi connectivity index (χ1v) is 9.88. The molecule has 0 amide bonds. The number of aromatic nitrogens is 2. The van der Waals surface area contributed by atoms with Gasteiger partial charge in [0.05, 0.1) is 32.7 Å². The summed E-state index contributed by atoms with van der Waals surface area (Å²) in [6.45, 7) is 0. The number of hydrogen-bond acceptors (Lipinski definition) is 6. The Hall–Kier alpha value is -4.56. The highest BCUT2D eigenvalue weighted by molar-refractivity contribution is 6.04. The lowest BCUT2D eigenvalue weighted by atomic mass is 9.92. The highest BCUT2D eigenvalue weighted by Crippen LogP contribution is 2.46. The van der Waals surface area contributed by atoms with Crippen LogP contribution in [-0.4, -0.2) is 14.9 Å². The summed E-state index contributed by atoms with van der Waals surface area (Å²) in [5.74, 6) is -3.70. The van der Waals surface area contributed by atoms with Crippen LogP contribution >= 0.6 is 0 Å². The van der Waals surface area contributed by atoms with Gasteiger partial charge in [-0.1, -0.05) is 0 Å². The van der Waals surface area contributed by atoms with E-state index in [4.69, 9.17) is 11.5 Å². The number of nitrogens with zero attached hydrogens (tertiary/aromatic N) is 3. The molecule has 0 spiro atoms. The van der Waals surface area contributed by atoms with Crippen molar-refractivity contribution in [1.29, 1.82) is 0 Å². The van der Waals surface area contributed by atoms with Crippen LogP contribution in [0.15, 0.2) is 42.5 Å². The molecule has 4 N–H and O–H groups in total. The molecule has 0 aliphatic carbocycles. The maximum Gasteiger partial charge on any atom is 0.416 e. The molecule has 7 nitrogen and oxygen atoms in total. The number of rotatable bonds is 3. The Morgan fingerprint density at radius 3 is 1.73 bits per heavy atom. The van der Waals surface area contributed by atoms with E-state index in [0.717, 1.165) is 6.07 Å². The van der Waals surface area contributed by atoms with Crippen molar-refractivity contribution >= 4 is 28.4 Å². The number of nitrogen functional groups attached to an aromatic ring is 2. The van der Waals surface area contributed by atoms with Crippen molar-refractivity contribution < 1.29 is 40.0 Å². The molecule has 0 unspecified atom stereocenters. The zero-order chi connectivity index (χ0) is 27.4. The van der Waals surface area contributed by atoms with Crippen LogP contribution in [0.25, 0.3) is 33.3 Å². The molecule has 3 aromatic carbocycles. The van der Waals surface area contributed by atoms with E-state index in [2.05, 4.69) is 9.97 Å². The van der Waals surface area contributed by atoms with E-state index in [1.165, 1.54) is 0 Å². The van der Waals surface area contributed by atoms with Gasteiger partial charge < -0.3 is 11.5 Å². The van der Waals surface area contributed by atoms with Gasteiger partial charge in [0, 0.05) is 11.1 Å². The Morgan fingerprint density at radius 2 is 1.22 bits per heavy atom. The van der Waals surface area contributed by atoms with E-state index in [1.807, 2.05) is 0 Å². The van der Waals surface area contributed by atoms with Crippen LogP contribution in [0.1, 0.15) is 11.1 Å². The lowest BCUT2D eigenvalue weighted by Gasteiger charge is -2.16. The SMILES string of the molecule is Nc1nc2cc(-c3cc(C(F)(F)F)ccc3F)c([N+](=O)[O-])c(-c3cc(C(F)(F)F)ccc3F)c2nc1N. The monoisotopic (exact) mass is 529 g/mol. The summed E-state index contributed by atoms with van der Waals surface area (Å²) in [5, 5.41) is 12.2. The van der Waals surface area contributed by atoms with Crippen molar-refractivity contribution in [1.82, 2.24) is 9.97 Å². The summed E-state index contributed by atoms with van der Waals surface area (Å²) in [6, 6.07) is 2.84. The highest BCUT2D eigenvalue weighted by Gasteiger charge is 2.36. The minimum atomic E-state index is -5.01. The molecule has 4 rings (SSSR count). The van der Waals surface area contributed by atoms with Crippen LogP contribution < -0.4 is 11.5 Å². The fourth-order valence-corrected chi connectivity index (χ4v) is 3.66. The molecular weight excluding hydrogens is 518 g/mol. The van der Waals surface area contributed by atoms with Crippen molar-refractivity contribution in [2.45, 2.75) is 12.4 Å². The molecule has 0 aliphatic rings. The largest absolute Gasteiger partial charge is 0.416 e. The van der Waals surface area contributed by atoms with E-state index in [-0.39, 0.29) is 12.1 Å². The second-order valence-corrected chi connectivity index (χ2v) is 7.65. The van der Waals surface area contributed by atoms with Gasteiger partial charge in [0.1, 0.15) is 17.2 Å². The van der Waals surface area contributed by atoms with Crippen molar-refractivity contribution in [2.24, 2.45) is 0 Å². The third-order valence-electron chi connectivity index (χ3n) is 5.32. The Morgan fingerprint density at radius 1 is 0.730 bits per heavy atom. The summed E-state index contributed by atoms with van der Waals surface area (Å²) >= 11 is 0. The van der Waals surface area contributed by atoms with Crippen molar-refractivity contribution in [2.75, 3.05) is 11.5 Å². The fourth-order valence-electron chi connectivity index (χ4n) is 3.66. The molecule has 1 aromatic heterocycles. The molecular formula is C22H11F8N5O2. The Labute approximate surface area is 200 Å². The average molecular weight is 529 g/mol. The van der Waals surface area contributed by atoms with Crippen LogP contribution in [-0.2, 0) is 12.4 Å². The number of alkyl halides is 6. The number of nitrogens with two attached hydrogens (primary N) is 2. The van der Waals surface area contributed by atoms with Gasteiger partial charge in [-0.3, -0.25) is 10.1 Å². The van der Waals surface area contributed by atoms with Gasteiger partial charge in [-0.15, -0.1) is 0 Å². The summed E-state index contributed by atoms with van der Waals surface area (Å²) < 4.78 is 110. The molecule has 4 aromatic rings. The minimum Gasteiger partial charge on any atom is -0.381 e. The lowest BCUT2D eigenvalue weighted by molar-refractivity contribution is -0.383. The topological polar surface area (TPSA) is 121 Å². The molecule has 0 bridgehead atoms. The Balaban J connectivity index is 2.24. The molecule has 1 heterocycles. The number of benzene rings is 3. The number of fused-ring (bicyclic) bond motifs is 1. The quantitative estimate of drug-likeness (QED) is 0.181. The van der Waals surface area contributed by atoms with Gasteiger partial charge in [-0.2, -0.15) is 26.3 Å². The van der Waals surface area contributed by atoms with Crippen LogP contribution in [0.4, 0.5) is 52.4 Å². The van der Waals surface area contributed by atoms with Crippen molar-refractivity contribution in [3.63, 3.8) is 0 Å². The van der Waals surface area contributed by atoms with E-state index < -0.39 is 90.6 Å². The number of nitro groups is 1. The number of anilines is 2. The van der Waals surface area contributed by atoms with E-state index in [0.29, 0.717) is 24.3 Å². The normalized spacial score (nSPS) is 12.2. The fraction of sp³-hybridized carbons (Fsp3) is 0.0909. The standard InChI is InChI=1S/C22H11F8N5O2/c23-13-3-1-8(21(25,26)27)5-10(13)11-7-15-17(34-20(32)19(31)33-15)16(18(11)35(36)37)12-6-9(22(28,29)30)2-4-14(12)24/h1-7H,(H2,31,33)(H2,32,34). The van der Waals surface area contributed by atoms with Gasteiger partial charge in [0.15, 0.2) is 11.6 Å². The van der Waals surface area contributed by atoms with Crippen LogP contribution in [0.5, 0.6) is 0 Å². The third-order valence-corrected chi connectivity index (χ3v) is 5.32. The van der Waals surface area contributed by atoms with Crippen LogP contribution in [0.3, 0.4) is 0 Å². The molecule has 0 aliphatic heterocycles. The summed E-state index contributed by atoms with van der Waals surface area (Å²) in [7, 11) is 0. The Kier molecular flexibility index (Phi) is 5.89. The molecule has 0 fully saturated rings. The number of halogens is 8. The smallest absolute Gasteiger partial charge is 0.381 e. The molecule has 192 valence electrons. The predicted molar refractivity (Wildman–Crippen MR) is 116 cm³/mol. The number of hydrogen-bond donors (Lipinski definition) is 2. The van der Waals surface area contributed by atoms with Crippen molar-refractivity contribution in [3.8, 4) is 22.3 Å². The van der Waals surface area contributed by atoms with Crippen LogP contribution in [0.2, 0.25) is 0 Å². The predicted octanol–water partition coefficient (Wildman–Crippen LogP) is 6.35. The van der Waals surface area contributed by atoms with Gasteiger partial charge >= 0.3 is 12.4 Å². The molecule has 0 saturated carbocycles. The average Bonchev–Trinajstić information content (AvgIpc) is 2.78. The second kappa shape index (κ2) is 8.53. The van der Waals surface area contributed by atoms with Gasteiger partial charge in [-0.05, 0) is 42.5 Å². The Bertz CT molecular complexity index is 1580. The van der Waals surface area contributed by atoms with E-state index in [9.17, 15) is 45.2 Å². The maximum atomic E-state index is 14.9. The number of nitro benzene ring substituents is 1. The molecule has 0 radical (unpaired) electrons. The zero-order valence-electron chi connectivity index (χ0n) is 17.9. The first-order chi connectivity index (χ1) is 17.1. The van der Waals surface area contributed by atoms with Gasteiger partial charge in [0.2, 0.25) is 0 Å². The summed E-state index contributed by atoms with van der Waals surface area (Å²) in [4.78, 5) is 18.6. The van der Waals surface area contributed by atoms with Crippen molar-refractivity contribution in [3.05, 3.63) is 75.3 Å². The first-order valence-electron chi connectivity index (χ1n) is 9.88. The lowest BCUT2D eigenvalue weighted by Crippen LogP contribution is -2.08. The second-order valence-electron chi connectivity index (χ2n) is 7.65. The maximum absolute atomic E-state index is 14.9. The highest BCUT2D eigenvalue weighted by atomic mass is 19.4. The summed E-state index contributed by atoms with van der Waals surface area (Å²) in [5.41, 5.74) is 2.46. The molecule has 37 heavy (non-hydrogen) atoms. The van der Waals surface area contributed by atoms with E-state index in [1.54, 1.807) is 0 Å². The molecule has 15 heteroatoms. The molecule has 0 saturated heterocycles. The first kappa shape index (κ1) is 25.5. The zero-order valence-corrected chi connectivity index (χ0v) is 17.9.